The molecule has 4 heteroatoms. The third-order valence-corrected chi connectivity index (χ3v) is 3.51. The van der Waals surface area contributed by atoms with Crippen molar-refractivity contribution >= 4 is 17.4 Å². The van der Waals surface area contributed by atoms with Crippen molar-refractivity contribution in [3.63, 3.8) is 0 Å². The number of hydrogen-bond donors (Lipinski definition) is 3. The summed E-state index contributed by atoms with van der Waals surface area (Å²) < 4.78 is 0. The molecule has 1 aromatic carbocycles. The molecule has 0 saturated heterocycles. The molecule has 1 aromatic rings. The molecule has 1 atom stereocenters. The van der Waals surface area contributed by atoms with Gasteiger partial charge in [0.05, 0.1) is 6.61 Å². The summed E-state index contributed by atoms with van der Waals surface area (Å²) in [7, 11) is 0. The van der Waals surface area contributed by atoms with E-state index in [0.717, 1.165) is 18.7 Å². The Morgan fingerprint density at radius 2 is 2.40 bits per heavy atom. The highest BCUT2D eigenvalue weighted by Gasteiger charge is 2.10. The van der Waals surface area contributed by atoms with Gasteiger partial charge in [0.25, 0.3) is 0 Å². The summed E-state index contributed by atoms with van der Waals surface area (Å²) in [4.78, 5) is 1.30. The maximum Gasteiger partial charge on any atom is 0.0585 e. The molecule has 1 unspecified atom stereocenters. The quantitative estimate of drug-likeness (QED) is 0.719. The summed E-state index contributed by atoms with van der Waals surface area (Å²) >= 11 is 1.87. The lowest BCUT2D eigenvalue weighted by molar-refractivity contribution is 0.265. The third kappa shape index (κ3) is 2.65. The van der Waals surface area contributed by atoms with Crippen LogP contribution < -0.4 is 11.1 Å². The molecular formula is C11H16N2OS. The van der Waals surface area contributed by atoms with Crippen molar-refractivity contribution in [3.05, 3.63) is 23.8 Å². The number of aliphatic hydroxyl groups excluding tert-OH is 1. The Bertz CT molecular complexity index is 343. The van der Waals surface area contributed by atoms with Crippen LogP contribution in [0.5, 0.6) is 0 Å². The highest BCUT2D eigenvalue weighted by atomic mass is 32.2. The number of rotatable bonds is 3. The Labute approximate surface area is 94.1 Å². The Balaban J connectivity index is 2.13. The van der Waals surface area contributed by atoms with Gasteiger partial charge in [0.1, 0.15) is 0 Å². The van der Waals surface area contributed by atoms with Gasteiger partial charge >= 0.3 is 0 Å². The largest absolute Gasteiger partial charge is 0.395 e. The van der Waals surface area contributed by atoms with Gasteiger partial charge in [-0.3, -0.25) is 0 Å². The topological polar surface area (TPSA) is 58.3 Å². The fraction of sp³-hybridized carbons (Fsp3) is 0.455. The second kappa shape index (κ2) is 4.88. The van der Waals surface area contributed by atoms with Crippen LogP contribution in [0.15, 0.2) is 23.1 Å². The zero-order valence-electron chi connectivity index (χ0n) is 8.57. The van der Waals surface area contributed by atoms with Crippen molar-refractivity contribution < 1.29 is 5.11 Å². The summed E-state index contributed by atoms with van der Waals surface area (Å²) in [5.41, 5.74) is 8.12. The van der Waals surface area contributed by atoms with Crippen LogP contribution in [0.3, 0.4) is 0 Å². The average Bonchev–Trinajstić information content (AvgIpc) is 2.29. The van der Waals surface area contributed by atoms with Crippen LogP contribution in [0, 0.1) is 0 Å². The average molecular weight is 224 g/mol. The number of hydrogen-bond acceptors (Lipinski definition) is 4. The van der Waals surface area contributed by atoms with Gasteiger partial charge in [-0.25, -0.2) is 0 Å². The van der Waals surface area contributed by atoms with Crippen LogP contribution >= 0.6 is 11.8 Å². The molecule has 0 saturated carbocycles. The molecule has 0 fully saturated rings. The zero-order valence-corrected chi connectivity index (χ0v) is 9.39. The fourth-order valence-electron chi connectivity index (χ4n) is 1.67. The van der Waals surface area contributed by atoms with Crippen molar-refractivity contribution in [2.75, 3.05) is 24.2 Å². The van der Waals surface area contributed by atoms with Gasteiger partial charge < -0.3 is 16.2 Å². The first-order valence-electron chi connectivity index (χ1n) is 5.15. The van der Waals surface area contributed by atoms with Gasteiger partial charge in [-0.2, -0.15) is 0 Å². The first kappa shape index (κ1) is 10.8. The van der Waals surface area contributed by atoms with Crippen LogP contribution in [-0.4, -0.2) is 30.1 Å². The summed E-state index contributed by atoms with van der Waals surface area (Å²) in [6, 6.07) is 6.19. The van der Waals surface area contributed by atoms with E-state index in [1.165, 1.54) is 16.1 Å². The maximum absolute atomic E-state index is 8.89. The number of nitrogens with two attached hydrogens (primary N) is 1. The number of thioether (sulfide) groups is 1. The first-order chi connectivity index (χ1) is 7.29. The lowest BCUT2D eigenvalue weighted by Gasteiger charge is -2.18. The smallest absolute Gasteiger partial charge is 0.0585 e. The lowest BCUT2D eigenvalue weighted by atomic mass is 10.1. The number of fused-ring (bicyclic) bond motifs is 1. The molecule has 0 radical (unpaired) electrons. The Morgan fingerprint density at radius 1 is 1.53 bits per heavy atom. The van der Waals surface area contributed by atoms with E-state index in [1.54, 1.807) is 0 Å². The predicted octanol–water partition coefficient (Wildman–Crippen LogP) is 1.07. The molecule has 82 valence electrons. The Kier molecular flexibility index (Phi) is 3.51. The van der Waals surface area contributed by atoms with Crippen molar-refractivity contribution in [2.24, 2.45) is 5.73 Å². The maximum atomic E-state index is 8.89. The van der Waals surface area contributed by atoms with Crippen molar-refractivity contribution in [2.45, 2.75) is 17.4 Å². The highest BCUT2D eigenvalue weighted by Crippen LogP contribution is 2.31. The molecule has 0 bridgehead atoms. The van der Waals surface area contributed by atoms with E-state index in [0.29, 0.717) is 0 Å². The molecule has 3 nitrogen and oxygen atoms in total. The van der Waals surface area contributed by atoms with E-state index in [4.69, 9.17) is 10.8 Å². The summed E-state index contributed by atoms with van der Waals surface area (Å²) in [5, 5.41) is 12.2. The van der Waals surface area contributed by atoms with E-state index >= 15 is 0 Å². The minimum absolute atomic E-state index is 0.0441. The minimum Gasteiger partial charge on any atom is -0.395 e. The summed E-state index contributed by atoms with van der Waals surface area (Å²) in [6.45, 7) is 1.08. The molecule has 0 aliphatic carbocycles. The molecule has 0 aromatic heterocycles. The summed E-state index contributed by atoms with van der Waals surface area (Å²) in [5.74, 6) is 1.11. The van der Waals surface area contributed by atoms with Crippen molar-refractivity contribution in [1.82, 2.24) is 0 Å². The van der Waals surface area contributed by atoms with Gasteiger partial charge in [-0.05, 0) is 24.1 Å². The monoisotopic (exact) mass is 224 g/mol. The van der Waals surface area contributed by atoms with Crippen LogP contribution in [0.2, 0.25) is 0 Å². The zero-order chi connectivity index (χ0) is 10.7. The van der Waals surface area contributed by atoms with Gasteiger partial charge in [0, 0.05) is 28.9 Å². The van der Waals surface area contributed by atoms with Crippen LogP contribution in [0.25, 0.3) is 0 Å². The molecule has 0 spiro atoms. The number of benzene rings is 1. The molecule has 2 rings (SSSR count). The van der Waals surface area contributed by atoms with Crippen LogP contribution in [0.4, 0.5) is 5.69 Å². The predicted molar refractivity (Wildman–Crippen MR) is 64.4 cm³/mol. The molecule has 1 aliphatic rings. The fourth-order valence-corrected chi connectivity index (χ4v) is 2.63. The number of aliphatic hydroxyl groups is 1. The van der Waals surface area contributed by atoms with Gasteiger partial charge in [0.2, 0.25) is 0 Å². The van der Waals surface area contributed by atoms with E-state index < -0.39 is 0 Å². The van der Waals surface area contributed by atoms with Crippen LogP contribution in [-0.2, 0) is 6.42 Å². The molecular weight excluding hydrogens is 208 g/mol. The van der Waals surface area contributed by atoms with E-state index in [1.807, 2.05) is 11.8 Å². The molecule has 1 heterocycles. The SMILES string of the molecule is NC(CO)Cc1ccc2c(c1)SCCN2. The van der Waals surface area contributed by atoms with Crippen molar-refractivity contribution in [1.29, 1.82) is 0 Å². The number of nitrogens with one attached hydrogen (secondary N) is 1. The van der Waals surface area contributed by atoms with Crippen molar-refractivity contribution in [3.8, 4) is 0 Å². The number of anilines is 1. The highest BCUT2D eigenvalue weighted by molar-refractivity contribution is 7.99. The Morgan fingerprint density at radius 3 is 3.20 bits per heavy atom. The van der Waals surface area contributed by atoms with Gasteiger partial charge in [0.15, 0.2) is 0 Å². The third-order valence-electron chi connectivity index (χ3n) is 2.45. The second-order valence-corrected chi connectivity index (χ2v) is 4.89. The first-order valence-corrected chi connectivity index (χ1v) is 6.14. The normalized spacial score (nSPS) is 16.7. The van der Waals surface area contributed by atoms with Crippen LogP contribution in [0.1, 0.15) is 5.56 Å². The van der Waals surface area contributed by atoms with Gasteiger partial charge in [-0.15, -0.1) is 11.8 Å². The van der Waals surface area contributed by atoms with E-state index in [-0.39, 0.29) is 12.6 Å². The standard InChI is InChI=1S/C11H16N2OS/c12-9(7-14)5-8-1-2-10-11(6-8)15-4-3-13-10/h1-2,6,9,13-14H,3-5,7,12H2. The Hall–Kier alpha value is -0.710. The lowest BCUT2D eigenvalue weighted by Crippen LogP contribution is -2.26. The molecule has 1 aliphatic heterocycles. The minimum atomic E-state index is -0.149. The molecule has 15 heavy (non-hydrogen) atoms. The molecule has 4 N–H and O–H groups in total. The van der Waals surface area contributed by atoms with E-state index in [2.05, 4.69) is 23.5 Å². The second-order valence-electron chi connectivity index (χ2n) is 3.75. The van der Waals surface area contributed by atoms with Gasteiger partial charge in [-0.1, -0.05) is 6.07 Å². The molecule has 0 amide bonds. The summed E-state index contributed by atoms with van der Waals surface area (Å²) in [6.07, 6.45) is 0.740. The van der Waals surface area contributed by atoms with E-state index in [9.17, 15) is 0 Å².